The molecule has 2 aliphatic rings. The monoisotopic (exact) mass is 329 g/mol. The second kappa shape index (κ2) is 4.69. The topological polar surface area (TPSA) is 35.2 Å². The predicted octanol–water partition coefficient (Wildman–Crippen LogP) is 4.16. The van der Waals surface area contributed by atoms with Gasteiger partial charge in [-0.15, -0.1) is 0 Å². The zero-order valence-corrected chi connectivity index (χ0v) is 12.7. The summed E-state index contributed by atoms with van der Waals surface area (Å²) in [7, 11) is 1.68. The largest absolute Gasteiger partial charge is 0.495 e. The number of hydrogen-bond donors (Lipinski definition) is 1. The fraction of sp³-hybridized carbons (Fsp3) is 0.571. The molecule has 2 N–H and O–H groups in total. The fourth-order valence-electron chi connectivity index (χ4n) is 3.35. The fourth-order valence-corrected chi connectivity index (χ4v) is 4.35. The van der Waals surface area contributed by atoms with Crippen LogP contribution in [0.3, 0.4) is 0 Å². The molecule has 0 saturated heterocycles. The van der Waals surface area contributed by atoms with Crippen molar-refractivity contribution in [1.29, 1.82) is 0 Å². The highest BCUT2D eigenvalue weighted by atomic mass is 79.9. The average Bonchev–Trinajstić information content (AvgIpc) is 2.94. The van der Waals surface area contributed by atoms with Crippen molar-refractivity contribution in [2.24, 2.45) is 23.5 Å². The molecule has 98 valence electrons. The van der Waals surface area contributed by atoms with Crippen molar-refractivity contribution in [3.05, 3.63) is 27.2 Å². The molecule has 0 spiro atoms. The van der Waals surface area contributed by atoms with Gasteiger partial charge in [0.2, 0.25) is 0 Å². The molecule has 0 heterocycles. The van der Waals surface area contributed by atoms with Gasteiger partial charge in [0.15, 0.2) is 0 Å². The Morgan fingerprint density at radius 2 is 2.00 bits per heavy atom. The molecule has 0 aromatic heterocycles. The van der Waals surface area contributed by atoms with Gasteiger partial charge in [-0.1, -0.05) is 11.6 Å². The van der Waals surface area contributed by atoms with Gasteiger partial charge in [0, 0.05) is 16.6 Å². The standard InChI is InChI=1S/C14H17BrClNO/c1-18-14-11(5-10(16)6-12(14)15)13(17)9-3-7-2-8(7)4-9/h5-9,13H,2-4,17H2,1H3. The lowest BCUT2D eigenvalue weighted by Gasteiger charge is -2.23. The molecule has 4 heteroatoms. The van der Waals surface area contributed by atoms with Crippen molar-refractivity contribution in [1.82, 2.24) is 0 Å². The van der Waals surface area contributed by atoms with E-state index in [1.165, 1.54) is 19.3 Å². The Labute approximate surface area is 121 Å². The van der Waals surface area contributed by atoms with Crippen molar-refractivity contribution in [2.75, 3.05) is 7.11 Å². The molecule has 0 aliphatic heterocycles. The predicted molar refractivity (Wildman–Crippen MR) is 77.0 cm³/mol. The number of hydrogen-bond acceptors (Lipinski definition) is 2. The Kier molecular flexibility index (Phi) is 3.33. The van der Waals surface area contributed by atoms with Gasteiger partial charge in [-0.05, 0) is 65.1 Å². The first kappa shape index (κ1) is 12.8. The number of methoxy groups -OCH3 is 1. The van der Waals surface area contributed by atoms with Crippen LogP contribution in [0, 0.1) is 17.8 Å². The van der Waals surface area contributed by atoms with E-state index in [0.717, 1.165) is 27.6 Å². The van der Waals surface area contributed by atoms with E-state index < -0.39 is 0 Å². The molecular formula is C14H17BrClNO. The number of halogens is 2. The molecule has 2 saturated carbocycles. The molecule has 0 amide bonds. The van der Waals surface area contributed by atoms with E-state index in [0.29, 0.717) is 10.9 Å². The first-order valence-electron chi connectivity index (χ1n) is 6.38. The first-order chi connectivity index (χ1) is 8.60. The van der Waals surface area contributed by atoms with Gasteiger partial charge in [-0.2, -0.15) is 0 Å². The maximum absolute atomic E-state index is 6.44. The lowest BCUT2D eigenvalue weighted by Crippen LogP contribution is -2.21. The quantitative estimate of drug-likeness (QED) is 0.903. The molecule has 3 atom stereocenters. The molecule has 2 nitrogen and oxygen atoms in total. The van der Waals surface area contributed by atoms with Gasteiger partial charge >= 0.3 is 0 Å². The minimum atomic E-state index is 0.0303. The van der Waals surface area contributed by atoms with Crippen LogP contribution in [-0.2, 0) is 0 Å². The van der Waals surface area contributed by atoms with Gasteiger partial charge in [-0.25, -0.2) is 0 Å². The molecule has 1 aromatic carbocycles. The lowest BCUT2D eigenvalue weighted by atomic mass is 9.89. The second-order valence-corrected chi connectivity index (χ2v) is 6.81. The summed E-state index contributed by atoms with van der Waals surface area (Å²) in [6, 6.07) is 3.82. The van der Waals surface area contributed by atoms with E-state index >= 15 is 0 Å². The van der Waals surface area contributed by atoms with Gasteiger partial charge in [0.05, 0.1) is 11.6 Å². The maximum atomic E-state index is 6.44. The van der Waals surface area contributed by atoms with E-state index in [4.69, 9.17) is 22.1 Å². The lowest BCUT2D eigenvalue weighted by molar-refractivity contribution is 0.369. The third kappa shape index (κ3) is 2.17. The average molecular weight is 331 g/mol. The van der Waals surface area contributed by atoms with E-state index in [9.17, 15) is 0 Å². The Bertz CT molecular complexity index is 469. The summed E-state index contributed by atoms with van der Waals surface area (Å²) in [5.41, 5.74) is 7.47. The molecule has 3 rings (SSSR count). The normalized spacial score (nSPS) is 31.0. The zero-order valence-electron chi connectivity index (χ0n) is 10.3. The highest BCUT2D eigenvalue weighted by Gasteiger charge is 2.47. The SMILES string of the molecule is COc1c(Br)cc(Cl)cc1C(N)C1CC2CC2C1. The molecule has 2 aliphatic carbocycles. The van der Waals surface area contributed by atoms with Crippen LogP contribution >= 0.6 is 27.5 Å². The summed E-state index contributed by atoms with van der Waals surface area (Å²) in [5, 5.41) is 0.705. The molecule has 18 heavy (non-hydrogen) atoms. The van der Waals surface area contributed by atoms with Crippen LogP contribution in [0.5, 0.6) is 5.75 Å². The van der Waals surface area contributed by atoms with Crippen LogP contribution in [-0.4, -0.2) is 7.11 Å². The highest BCUT2D eigenvalue weighted by Crippen LogP contribution is 2.57. The highest BCUT2D eigenvalue weighted by molar-refractivity contribution is 9.10. The van der Waals surface area contributed by atoms with E-state index in [-0.39, 0.29) is 6.04 Å². The maximum Gasteiger partial charge on any atom is 0.137 e. The van der Waals surface area contributed by atoms with Crippen LogP contribution in [0.25, 0.3) is 0 Å². The van der Waals surface area contributed by atoms with Crippen molar-refractivity contribution in [3.8, 4) is 5.75 Å². The summed E-state index contributed by atoms with van der Waals surface area (Å²) in [4.78, 5) is 0. The minimum Gasteiger partial charge on any atom is -0.495 e. The summed E-state index contributed by atoms with van der Waals surface area (Å²) >= 11 is 9.62. The summed E-state index contributed by atoms with van der Waals surface area (Å²) in [5.74, 6) is 3.28. The van der Waals surface area contributed by atoms with E-state index in [2.05, 4.69) is 15.9 Å². The second-order valence-electron chi connectivity index (χ2n) is 5.52. The van der Waals surface area contributed by atoms with Crippen molar-refractivity contribution < 1.29 is 4.74 Å². The molecular weight excluding hydrogens is 314 g/mol. The van der Waals surface area contributed by atoms with Crippen molar-refractivity contribution in [3.63, 3.8) is 0 Å². The number of fused-ring (bicyclic) bond motifs is 1. The number of benzene rings is 1. The Hall–Kier alpha value is -0.250. The van der Waals surface area contributed by atoms with Crippen molar-refractivity contribution in [2.45, 2.75) is 25.3 Å². The summed E-state index contributed by atoms with van der Waals surface area (Å²) in [6.45, 7) is 0. The summed E-state index contributed by atoms with van der Waals surface area (Å²) < 4.78 is 6.35. The van der Waals surface area contributed by atoms with Crippen LogP contribution in [0.1, 0.15) is 30.9 Å². The molecule has 3 unspecified atom stereocenters. The Balaban J connectivity index is 1.90. The molecule has 2 fully saturated rings. The Morgan fingerprint density at radius 3 is 2.61 bits per heavy atom. The van der Waals surface area contributed by atoms with Gasteiger partial charge in [0.1, 0.15) is 5.75 Å². The number of ether oxygens (including phenoxy) is 1. The van der Waals surface area contributed by atoms with E-state index in [1.54, 1.807) is 7.11 Å². The number of nitrogens with two attached hydrogens (primary N) is 1. The zero-order chi connectivity index (χ0) is 12.9. The first-order valence-corrected chi connectivity index (χ1v) is 7.55. The molecule has 0 bridgehead atoms. The van der Waals surface area contributed by atoms with Crippen LogP contribution in [0.4, 0.5) is 0 Å². The molecule has 1 aromatic rings. The van der Waals surface area contributed by atoms with Crippen LogP contribution in [0.15, 0.2) is 16.6 Å². The van der Waals surface area contributed by atoms with E-state index in [1.807, 2.05) is 12.1 Å². The smallest absolute Gasteiger partial charge is 0.137 e. The Morgan fingerprint density at radius 1 is 1.33 bits per heavy atom. The summed E-state index contributed by atoms with van der Waals surface area (Å²) in [6.07, 6.45) is 3.94. The van der Waals surface area contributed by atoms with Crippen molar-refractivity contribution >= 4 is 27.5 Å². The van der Waals surface area contributed by atoms with Gasteiger partial charge in [0.25, 0.3) is 0 Å². The minimum absolute atomic E-state index is 0.0303. The number of rotatable bonds is 3. The van der Waals surface area contributed by atoms with Crippen LogP contribution in [0.2, 0.25) is 5.02 Å². The molecule has 0 radical (unpaired) electrons. The van der Waals surface area contributed by atoms with Crippen LogP contribution < -0.4 is 10.5 Å². The third-order valence-corrected chi connectivity index (χ3v) is 5.20. The van der Waals surface area contributed by atoms with Gasteiger partial charge in [-0.3, -0.25) is 0 Å². The third-order valence-electron chi connectivity index (χ3n) is 4.39. The van der Waals surface area contributed by atoms with Gasteiger partial charge < -0.3 is 10.5 Å².